The number of benzene rings is 1. The summed E-state index contributed by atoms with van der Waals surface area (Å²) < 4.78 is 5.31. The van der Waals surface area contributed by atoms with Crippen molar-refractivity contribution in [3.63, 3.8) is 0 Å². The number of thioether (sulfide) groups is 1. The monoisotopic (exact) mass is 402 g/mol. The van der Waals surface area contributed by atoms with Gasteiger partial charge in [-0.2, -0.15) is 10.1 Å². The van der Waals surface area contributed by atoms with Gasteiger partial charge < -0.3 is 9.32 Å². The minimum Gasteiger partial charge on any atom is -0.401 e. The molecule has 1 fully saturated rings. The molecule has 0 radical (unpaired) electrons. The molecule has 1 aromatic heterocycles. The van der Waals surface area contributed by atoms with Crippen molar-refractivity contribution in [2.75, 3.05) is 19.0 Å². The van der Waals surface area contributed by atoms with Gasteiger partial charge in [0.05, 0.1) is 17.2 Å². The molecule has 0 bridgehead atoms. The molecule has 0 saturated carbocycles. The van der Waals surface area contributed by atoms with Crippen LogP contribution in [0.1, 0.15) is 11.3 Å². The number of thiocarbonyl (C=S) groups is 1. The van der Waals surface area contributed by atoms with Crippen molar-refractivity contribution in [3.8, 4) is 0 Å². The molecule has 138 valence electrons. The van der Waals surface area contributed by atoms with E-state index in [1.807, 2.05) is 43.3 Å². The topological polar surface area (TPSA) is 92.2 Å². The number of amides is 1. The molecule has 0 N–H and O–H groups in total. The molecule has 0 aliphatic carbocycles. The first-order valence-electron chi connectivity index (χ1n) is 7.69. The second kappa shape index (κ2) is 7.72. The maximum Gasteiger partial charge on any atom is 0.433 e. The average Bonchev–Trinajstić information content (AvgIpc) is 3.19. The van der Waals surface area contributed by atoms with E-state index in [0.29, 0.717) is 0 Å². The van der Waals surface area contributed by atoms with Gasteiger partial charge >= 0.3 is 5.88 Å². The molecule has 0 atom stereocenters. The summed E-state index contributed by atoms with van der Waals surface area (Å²) >= 11 is 6.25. The number of hydrazone groups is 1. The van der Waals surface area contributed by atoms with Crippen LogP contribution in [0.15, 0.2) is 50.8 Å². The molecular formula is C17H14N4O4S2. The summed E-state index contributed by atoms with van der Waals surface area (Å²) in [6.45, 7) is 0. The Bertz CT molecular complexity index is 964. The third-order valence-corrected chi connectivity index (χ3v) is 4.85. The quantitative estimate of drug-likeness (QED) is 0.248. The number of nitro groups is 1. The van der Waals surface area contributed by atoms with Crippen LogP contribution in [-0.2, 0) is 4.79 Å². The predicted molar refractivity (Wildman–Crippen MR) is 109 cm³/mol. The van der Waals surface area contributed by atoms with E-state index in [2.05, 4.69) is 5.10 Å². The van der Waals surface area contributed by atoms with Gasteiger partial charge in [-0.05, 0) is 36.0 Å². The molecule has 1 aliphatic rings. The number of carbonyl (C=O) groups is 1. The summed E-state index contributed by atoms with van der Waals surface area (Å²) in [5.74, 6) is -0.605. The SMILES string of the molecule is CN(C)c1ccc(/C=N/N2C(=O)/C(=C\c3ccc([N+](=O)[O-])o3)SC2=S)cc1. The van der Waals surface area contributed by atoms with Gasteiger partial charge in [0, 0.05) is 25.9 Å². The van der Waals surface area contributed by atoms with E-state index in [4.69, 9.17) is 16.6 Å². The summed E-state index contributed by atoms with van der Waals surface area (Å²) in [4.78, 5) is 24.8. The zero-order valence-electron chi connectivity index (χ0n) is 14.4. The maximum atomic E-state index is 12.5. The minimum atomic E-state index is -0.644. The van der Waals surface area contributed by atoms with E-state index in [9.17, 15) is 14.9 Å². The largest absolute Gasteiger partial charge is 0.433 e. The van der Waals surface area contributed by atoms with Crippen LogP contribution < -0.4 is 4.90 Å². The summed E-state index contributed by atoms with van der Waals surface area (Å²) in [5.41, 5.74) is 1.87. The van der Waals surface area contributed by atoms with E-state index in [0.717, 1.165) is 28.0 Å². The highest BCUT2D eigenvalue weighted by molar-refractivity contribution is 8.26. The first kappa shape index (κ1) is 18.8. The molecule has 27 heavy (non-hydrogen) atoms. The van der Waals surface area contributed by atoms with Crippen molar-refractivity contribution < 1.29 is 14.1 Å². The molecule has 1 aliphatic heterocycles. The summed E-state index contributed by atoms with van der Waals surface area (Å²) in [6, 6.07) is 10.3. The number of nitrogens with zero attached hydrogens (tertiary/aromatic N) is 4. The van der Waals surface area contributed by atoms with Gasteiger partial charge in [0.25, 0.3) is 5.91 Å². The standard InChI is InChI=1S/C17H14N4O4S2/c1-19(2)12-5-3-11(4-6-12)10-18-20-16(22)14(27-17(20)26)9-13-7-8-15(25-13)21(23)24/h3-10H,1-2H3/b14-9+,18-10+. The summed E-state index contributed by atoms with van der Waals surface area (Å²) in [6.07, 6.45) is 2.96. The van der Waals surface area contributed by atoms with Crippen molar-refractivity contribution in [3.05, 3.63) is 62.7 Å². The first-order valence-corrected chi connectivity index (χ1v) is 8.91. The summed E-state index contributed by atoms with van der Waals surface area (Å²) in [5, 5.41) is 15.9. The van der Waals surface area contributed by atoms with E-state index in [1.165, 1.54) is 18.2 Å². The van der Waals surface area contributed by atoms with E-state index >= 15 is 0 Å². The third-order valence-electron chi connectivity index (χ3n) is 3.57. The fraction of sp³-hybridized carbons (Fsp3) is 0.118. The van der Waals surface area contributed by atoms with Crippen LogP contribution in [0.3, 0.4) is 0 Å². The van der Waals surface area contributed by atoms with Crippen LogP contribution in [0.25, 0.3) is 6.08 Å². The Morgan fingerprint density at radius 3 is 2.56 bits per heavy atom. The van der Waals surface area contributed by atoms with Gasteiger partial charge in [-0.25, -0.2) is 0 Å². The normalized spacial score (nSPS) is 15.9. The number of carbonyl (C=O) groups excluding carboxylic acids is 1. The molecule has 1 saturated heterocycles. The molecule has 10 heteroatoms. The highest BCUT2D eigenvalue weighted by Crippen LogP contribution is 2.33. The molecule has 2 heterocycles. The van der Waals surface area contributed by atoms with E-state index < -0.39 is 16.7 Å². The molecule has 1 amide bonds. The van der Waals surface area contributed by atoms with Crippen molar-refractivity contribution in [2.45, 2.75) is 0 Å². The predicted octanol–water partition coefficient (Wildman–Crippen LogP) is 3.49. The smallest absolute Gasteiger partial charge is 0.401 e. The fourth-order valence-corrected chi connectivity index (χ4v) is 3.34. The number of furan rings is 1. The van der Waals surface area contributed by atoms with Crippen molar-refractivity contribution in [1.29, 1.82) is 0 Å². The van der Waals surface area contributed by atoms with Gasteiger partial charge in [0.15, 0.2) is 4.32 Å². The number of anilines is 1. The number of hydrogen-bond acceptors (Lipinski definition) is 8. The Morgan fingerprint density at radius 2 is 1.96 bits per heavy atom. The lowest BCUT2D eigenvalue weighted by Crippen LogP contribution is -2.22. The van der Waals surface area contributed by atoms with Crippen LogP contribution in [0, 0.1) is 10.1 Å². The van der Waals surface area contributed by atoms with Crippen LogP contribution in [0.4, 0.5) is 11.6 Å². The highest BCUT2D eigenvalue weighted by atomic mass is 32.2. The number of rotatable bonds is 5. The second-order valence-corrected chi connectivity index (χ2v) is 7.33. The van der Waals surface area contributed by atoms with Crippen molar-refractivity contribution >= 4 is 58.1 Å². The van der Waals surface area contributed by atoms with Gasteiger partial charge in [-0.1, -0.05) is 23.9 Å². The molecule has 2 aromatic rings. The lowest BCUT2D eigenvalue weighted by atomic mass is 10.2. The average molecular weight is 402 g/mol. The molecule has 3 rings (SSSR count). The van der Waals surface area contributed by atoms with Crippen LogP contribution in [0.5, 0.6) is 0 Å². The molecule has 1 aromatic carbocycles. The van der Waals surface area contributed by atoms with Crippen LogP contribution in [-0.4, -0.2) is 40.5 Å². The van der Waals surface area contributed by atoms with Crippen LogP contribution in [0.2, 0.25) is 0 Å². The molecule has 8 nitrogen and oxygen atoms in total. The Labute approximate surface area is 164 Å². The Hall–Kier alpha value is -2.98. The first-order chi connectivity index (χ1) is 12.8. The fourth-order valence-electron chi connectivity index (χ4n) is 2.19. The molecule has 0 spiro atoms. The summed E-state index contributed by atoms with van der Waals surface area (Å²) in [7, 11) is 3.90. The Morgan fingerprint density at radius 1 is 1.26 bits per heavy atom. The van der Waals surface area contributed by atoms with Crippen LogP contribution >= 0.6 is 24.0 Å². The second-order valence-electron chi connectivity index (χ2n) is 5.66. The Kier molecular flexibility index (Phi) is 5.38. The zero-order valence-corrected chi connectivity index (χ0v) is 16.0. The third kappa shape index (κ3) is 4.23. The number of hydrogen-bond donors (Lipinski definition) is 0. The van der Waals surface area contributed by atoms with Crippen molar-refractivity contribution in [2.24, 2.45) is 5.10 Å². The molecular weight excluding hydrogens is 388 g/mol. The van der Waals surface area contributed by atoms with Gasteiger partial charge in [-0.15, -0.1) is 0 Å². The van der Waals surface area contributed by atoms with Crippen molar-refractivity contribution in [1.82, 2.24) is 5.01 Å². The van der Waals surface area contributed by atoms with Gasteiger partial charge in [0.2, 0.25) is 0 Å². The van der Waals surface area contributed by atoms with Gasteiger partial charge in [0.1, 0.15) is 10.7 Å². The minimum absolute atomic E-state index is 0.199. The van der Waals surface area contributed by atoms with Gasteiger partial charge in [-0.3, -0.25) is 14.9 Å². The maximum absolute atomic E-state index is 12.5. The highest BCUT2D eigenvalue weighted by Gasteiger charge is 2.32. The lowest BCUT2D eigenvalue weighted by molar-refractivity contribution is -0.402. The van der Waals surface area contributed by atoms with E-state index in [-0.39, 0.29) is 15.0 Å². The van der Waals surface area contributed by atoms with E-state index in [1.54, 1.807) is 6.21 Å². The lowest BCUT2D eigenvalue weighted by Gasteiger charge is -2.12. The molecule has 0 unspecified atom stereocenters. The Balaban J connectivity index is 1.75. The zero-order chi connectivity index (χ0) is 19.6.